The van der Waals surface area contributed by atoms with Crippen LogP contribution in [-0.4, -0.2) is 37.0 Å². The molecule has 1 aromatic rings. The average molecular weight is 330 g/mol. The molecule has 0 spiro atoms. The van der Waals surface area contributed by atoms with E-state index >= 15 is 0 Å². The summed E-state index contributed by atoms with van der Waals surface area (Å²) >= 11 is 3.18. The topological polar surface area (TPSA) is 58.4 Å². The lowest BCUT2D eigenvalue weighted by atomic mass is 10.1. The van der Waals surface area contributed by atoms with Gasteiger partial charge in [0, 0.05) is 11.0 Å². The minimum absolute atomic E-state index is 0.195. The lowest BCUT2D eigenvalue weighted by Crippen LogP contribution is -2.32. The standard InChI is InChI=1S/C13H17BrFN3O/c14-10-1-2-12(11(15)5-10)17-13(19)8-18-4-3-9(6-16)7-18/h1-2,5,9H,3-4,6-8,16H2,(H,17,19). The van der Waals surface area contributed by atoms with E-state index in [9.17, 15) is 9.18 Å². The SMILES string of the molecule is NCC1CCN(CC(=O)Nc2ccc(Br)cc2F)C1. The summed E-state index contributed by atoms with van der Waals surface area (Å²) in [6, 6.07) is 4.57. The Morgan fingerprint density at radius 1 is 1.58 bits per heavy atom. The number of nitrogens with one attached hydrogen (secondary N) is 1. The molecular formula is C13H17BrFN3O. The van der Waals surface area contributed by atoms with E-state index in [1.807, 2.05) is 4.90 Å². The molecule has 1 heterocycles. The number of hydrogen-bond acceptors (Lipinski definition) is 3. The van der Waals surface area contributed by atoms with Crippen LogP contribution in [0.2, 0.25) is 0 Å². The van der Waals surface area contributed by atoms with Crippen LogP contribution in [0.5, 0.6) is 0 Å². The summed E-state index contributed by atoms with van der Waals surface area (Å²) in [5.41, 5.74) is 5.81. The minimum atomic E-state index is -0.441. The first-order valence-corrected chi connectivity index (χ1v) is 7.05. The number of nitrogens with zero attached hydrogens (tertiary/aromatic N) is 1. The molecule has 6 heteroatoms. The Morgan fingerprint density at radius 2 is 2.37 bits per heavy atom. The van der Waals surface area contributed by atoms with Crippen molar-refractivity contribution in [3.05, 3.63) is 28.5 Å². The number of rotatable bonds is 4. The van der Waals surface area contributed by atoms with E-state index < -0.39 is 5.82 Å². The fourth-order valence-corrected chi connectivity index (χ4v) is 2.57. The van der Waals surface area contributed by atoms with E-state index in [0.717, 1.165) is 19.5 Å². The van der Waals surface area contributed by atoms with Gasteiger partial charge in [0.05, 0.1) is 12.2 Å². The molecule has 1 saturated heterocycles. The molecular weight excluding hydrogens is 313 g/mol. The largest absolute Gasteiger partial charge is 0.330 e. The lowest BCUT2D eigenvalue weighted by Gasteiger charge is -2.15. The molecule has 1 atom stereocenters. The average Bonchev–Trinajstić information content (AvgIpc) is 2.80. The monoisotopic (exact) mass is 329 g/mol. The first kappa shape index (κ1) is 14.4. The molecule has 1 aliphatic rings. The van der Waals surface area contributed by atoms with Crippen LogP contribution in [-0.2, 0) is 4.79 Å². The van der Waals surface area contributed by atoms with E-state index in [4.69, 9.17) is 5.73 Å². The van der Waals surface area contributed by atoms with E-state index in [2.05, 4.69) is 21.2 Å². The number of hydrogen-bond donors (Lipinski definition) is 2. The van der Waals surface area contributed by atoms with Crippen LogP contribution >= 0.6 is 15.9 Å². The highest BCUT2D eigenvalue weighted by molar-refractivity contribution is 9.10. The highest BCUT2D eigenvalue weighted by atomic mass is 79.9. The van der Waals surface area contributed by atoms with Gasteiger partial charge in [0.15, 0.2) is 0 Å². The Balaban J connectivity index is 1.87. The van der Waals surface area contributed by atoms with Crippen LogP contribution in [0.4, 0.5) is 10.1 Å². The van der Waals surface area contributed by atoms with Crippen LogP contribution in [0, 0.1) is 11.7 Å². The van der Waals surface area contributed by atoms with Crippen molar-refractivity contribution in [2.45, 2.75) is 6.42 Å². The smallest absolute Gasteiger partial charge is 0.238 e. The predicted molar refractivity (Wildman–Crippen MR) is 76.3 cm³/mol. The van der Waals surface area contributed by atoms with E-state index in [1.54, 1.807) is 12.1 Å². The van der Waals surface area contributed by atoms with E-state index in [1.165, 1.54) is 6.07 Å². The summed E-state index contributed by atoms with van der Waals surface area (Å²) in [6.07, 6.45) is 1.02. The molecule has 0 aromatic heterocycles. The Hall–Kier alpha value is -0.980. The number of benzene rings is 1. The van der Waals surface area contributed by atoms with Crippen molar-refractivity contribution in [2.24, 2.45) is 11.7 Å². The zero-order valence-corrected chi connectivity index (χ0v) is 12.1. The van der Waals surface area contributed by atoms with Crippen LogP contribution in [0.15, 0.2) is 22.7 Å². The van der Waals surface area contributed by atoms with Crippen molar-refractivity contribution in [3.8, 4) is 0 Å². The normalized spacial score (nSPS) is 19.6. The Kier molecular flexibility index (Phi) is 4.90. The fraction of sp³-hybridized carbons (Fsp3) is 0.462. The predicted octanol–water partition coefficient (Wildman–Crippen LogP) is 1.81. The molecule has 0 radical (unpaired) electrons. The molecule has 0 bridgehead atoms. The number of carbonyl (C=O) groups excluding carboxylic acids is 1. The van der Waals surface area contributed by atoms with Gasteiger partial charge in [0.1, 0.15) is 5.82 Å². The number of likely N-dealkylation sites (tertiary alicyclic amines) is 1. The van der Waals surface area contributed by atoms with Crippen LogP contribution in [0.3, 0.4) is 0 Å². The molecule has 2 rings (SSSR count). The molecule has 1 aromatic carbocycles. The summed E-state index contributed by atoms with van der Waals surface area (Å²) in [6.45, 7) is 2.65. The molecule has 0 aliphatic carbocycles. The first-order valence-electron chi connectivity index (χ1n) is 6.26. The number of nitrogens with two attached hydrogens (primary N) is 1. The van der Waals surface area contributed by atoms with Gasteiger partial charge >= 0.3 is 0 Å². The first-order chi connectivity index (χ1) is 9.08. The van der Waals surface area contributed by atoms with Crippen LogP contribution < -0.4 is 11.1 Å². The third kappa shape index (κ3) is 3.99. The molecule has 19 heavy (non-hydrogen) atoms. The Labute approximate surface area is 120 Å². The fourth-order valence-electron chi connectivity index (χ4n) is 2.23. The van der Waals surface area contributed by atoms with Crippen molar-refractivity contribution in [1.29, 1.82) is 0 Å². The third-order valence-corrected chi connectivity index (χ3v) is 3.77. The number of halogens is 2. The zero-order valence-electron chi connectivity index (χ0n) is 10.5. The van der Waals surface area contributed by atoms with Gasteiger partial charge in [-0.3, -0.25) is 9.69 Å². The Morgan fingerprint density at radius 3 is 3.00 bits per heavy atom. The minimum Gasteiger partial charge on any atom is -0.330 e. The quantitative estimate of drug-likeness (QED) is 0.885. The van der Waals surface area contributed by atoms with Crippen molar-refractivity contribution >= 4 is 27.5 Å². The molecule has 1 aliphatic heterocycles. The van der Waals surface area contributed by atoms with Gasteiger partial charge in [-0.15, -0.1) is 0 Å². The number of anilines is 1. The number of carbonyl (C=O) groups is 1. The lowest BCUT2D eigenvalue weighted by molar-refractivity contribution is -0.117. The highest BCUT2D eigenvalue weighted by Crippen LogP contribution is 2.20. The summed E-state index contributed by atoms with van der Waals surface area (Å²) in [4.78, 5) is 13.9. The maximum Gasteiger partial charge on any atom is 0.238 e. The second-order valence-corrected chi connectivity index (χ2v) is 5.71. The van der Waals surface area contributed by atoms with Crippen molar-refractivity contribution in [3.63, 3.8) is 0 Å². The molecule has 1 unspecified atom stereocenters. The molecule has 4 nitrogen and oxygen atoms in total. The highest BCUT2D eigenvalue weighted by Gasteiger charge is 2.23. The third-order valence-electron chi connectivity index (χ3n) is 3.28. The molecule has 1 fully saturated rings. The van der Waals surface area contributed by atoms with Crippen LogP contribution in [0.25, 0.3) is 0 Å². The van der Waals surface area contributed by atoms with Crippen molar-refractivity contribution in [2.75, 3.05) is 31.5 Å². The van der Waals surface area contributed by atoms with Crippen LogP contribution in [0.1, 0.15) is 6.42 Å². The van der Waals surface area contributed by atoms with E-state index in [0.29, 0.717) is 16.9 Å². The van der Waals surface area contributed by atoms with Crippen molar-refractivity contribution in [1.82, 2.24) is 4.90 Å². The molecule has 104 valence electrons. The summed E-state index contributed by atoms with van der Waals surface area (Å²) in [7, 11) is 0. The molecule has 0 saturated carbocycles. The van der Waals surface area contributed by atoms with E-state index in [-0.39, 0.29) is 18.1 Å². The second-order valence-electron chi connectivity index (χ2n) is 4.80. The molecule has 3 N–H and O–H groups in total. The van der Waals surface area contributed by atoms with Gasteiger partial charge in [-0.1, -0.05) is 15.9 Å². The van der Waals surface area contributed by atoms with Gasteiger partial charge in [-0.25, -0.2) is 4.39 Å². The second kappa shape index (κ2) is 6.45. The zero-order chi connectivity index (χ0) is 13.8. The number of amides is 1. The Bertz CT molecular complexity index is 469. The van der Waals surface area contributed by atoms with Gasteiger partial charge in [-0.2, -0.15) is 0 Å². The summed E-state index contributed by atoms with van der Waals surface area (Å²) < 4.78 is 14.2. The summed E-state index contributed by atoms with van der Waals surface area (Å²) in [5.74, 6) is -0.167. The summed E-state index contributed by atoms with van der Waals surface area (Å²) in [5, 5.41) is 2.59. The van der Waals surface area contributed by atoms with Gasteiger partial charge in [0.25, 0.3) is 0 Å². The van der Waals surface area contributed by atoms with Crippen molar-refractivity contribution < 1.29 is 9.18 Å². The van der Waals surface area contributed by atoms with Gasteiger partial charge in [0.2, 0.25) is 5.91 Å². The molecule has 1 amide bonds. The maximum atomic E-state index is 13.6. The van der Waals surface area contributed by atoms with Gasteiger partial charge < -0.3 is 11.1 Å². The van der Waals surface area contributed by atoms with Gasteiger partial charge in [-0.05, 0) is 43.6 Å². The maximum absolute atomic E-state index is 13.6.